The van der Waals surface area contributed by atoms with Crippen LogP contribution in [0.5, 0.6) is 0 Å². The average Bonchev–Trinajstić information content (AvgIpc) is 2.82. The molecule has 82 valence electrons. The Balaban J connectivity index is 2.04. The minimum atomic E-state index is -0.288. The van der Waals surface area contributed by atoms with Crippen LogP contribution in [0.3, 0.4) is 0 Å². The molecule has 1 saturated carbocycles. The summed E-state index contributed by atoms with van der Waals surface area (Å²) < 4.78 is 15.4. The Kier molecular flexibility index (Phi) is 1.88. The number of aromatic nitrogens is 2. The number of hydrogen-bond donors (Lipinski definition) is 1. The van der Waals surface area contributed by atoms with Gasteiger partial charge in [0.2, 0.25) is 0 Å². The summed E-state index contributed by atoms with van der Waals surface area (Å²) in [5.74, 6) is -0.280. The molecule has 0 radical (unpaired) electrons. The molecule has 0 aliphatic heterocycles. The molecule has 2 aromatic rings. The second kappa shape index (κ2) is 3.15. The van der Waals surface area contributed by atoms with Gasteiger partial charge in [-0.2, -0.15) is 5.10 Å². The fourth-order valence-corrected chi connectivity index (χ4v) is 1.84. The van der Waals surface area contributed by atoms with E-state index in [0.29, 0.717) is 5.69 Å². The molecule has 1 aliphatic rings. The lowest BCUT2D eigenvalue weighted by Crippen LogP contribution is -2.19. The van der Waals surface area contributed by atoms with Crippen LogP contribution in [-0.2, 0) is 5.54 Å². The molecule has 0 spiro atoms. The van der Waals surface area contributed by atoms with Crippen molar-refractivity contribution in [2.24, 2.45) is 5.73 Å². The Bertz CT molecular complexity index is 515. The van der Waals surface area contributed by atoms with Gasteiger partial charge in [-0.05, 0) is 36.6 Å². The molecule has 0 unspecified atom stereocenters. The van der Waals surface area contributed by atoms with Crippen LogP contribution in [0.2, 0.25) is 0 Å². The van der Waals surface area contributed by atoms with Crippen molar-refractivity contribution >= 4 is 0 Å². The molecule has 2 N–H and O–H groups in total. The van der Waals surface area contributed by atoms with E-state index in [-0.39, 0.29) is 11.4 Å². The zero-order chi connectivity index (χ0) is 11.2. The van der Waals surface area contributed by atoms with Gasteiger partial charge in [0.15, 0.2) is 0 Å². The molecule has 3 rings (SSSR count). The highest BCUT2D eigenvalue weighted by Gasteiger charge is 2.40. The first-order chi connectivity index (χ1) is 7.69. The quantitative estimate of drug-likeness (QED) is 0.835. The van der Waals surface area contributed by atoms with Crippen LogP contribution in [0.1, 0.15) is 18.4 Å². The van der Waals surface area contributed by atoms with E-state index in [9.17, 15) is 4.39 Å². The molecule has 1 aliphatic carbocycles. The second-order valence-corrected chi connectivity index (χ2v) is 4.27. The molecule has 0 atom stereocenters. The Hall–Kier alpha value is -1.68. The van der Waals surface area contributed by atoms with Crippen molar-refractivity contribution in [2.75, 3.05) is 0 Å². The average molecular weight is 217 g/mol. The molecular formula is C12H12FN3. The highest BCUT2D eigenvalue weighted by atomic mass is 19.1. The summed E-state index contributed by atoms with van der Waals surface area (Å²) in [6.07, 6.45) is 5.22. The number of benzene rings is 1. The van der Waals surface area contributed by atoms with Crippen LogP contribution in [0, 0.1) is 5.82 Å². The van der Waals surface area contributed by atoms with E-state index in [1.807, 2.05) is 6.07 Å². The zero-order valence-electron chi connectivity index (χ0n) is 8.73. The van der Waals surface area contributed by atoms with E-state index in [0.717, 1.165) is 18.4 Å². The Morgan fingerprint density at radius 2 is 2.19 bits per heavy atom. The number of rotatable bonds is 2. The summed E-state index contributed by atoms with van der Waals surface area (Å²) >= 11 is 0. The van der Waals surface area contributed by atoms with Crippen LogP contribution in [0.15, 0.2) is 36.7 Å². The maximum absolute atomic E-state index is 13.9. The molecule has 4 heteroatoms. The van der Waals surface area contributed by atoms with Crippen LogP contribution < -0.4 is 5.73 Å². The lowest BCUT2D eigenvalue weighted by atomic mass is 10.1. The number of nitrogens with two attached hydrogens (primary N) is 1. The van der Waals surface area contributed by atoms with E-state index in [4.69, 9.17) is 5.73 Å². The highest BCUT2D eigenvalue weighted by molar-refractivity contribution is 5.40. The van der Waals surface area contributed by atoms with Crippen molar-refractivity contribution in [3.05, 3.63) is 48.0 Å². The maximum Gasteiger partial charge on any atom is 0.149 e. The Morgan fingerprint density at radius 1 is 1.38 bits per heavy atom. The Labute approximate surface area is 92.7 Å². The number of hydrogen-bond acceptors (Lipinski definition) is 2. The summed E-state index contributed by atoms with van der Waals surface area (Å²) in [7, 11) is 0. The number of halogens is 1. The lowest BCUT2D eigenvalue weighted by Gasteiger charge is -2.11. The third-order valence-electron chi connectivity index (χ3n) is 3.06. The van der Waals surface area contributed by atoms with Crippen molar-refractivity contribution < 1.29 is 4.39 Å². The van der Waals surface area contributed by atoms with Crippen LogP contribution >= 0.6 is 0 Å². The van der Waals surface area contributed by atoms with Gasteiger partial charge in [0.25, 0.3) is 0 Å². The smallest absolute Gasteiger partial charge is 0.149 e. The van der Waals surface area contributed by atoms with Crippen LogP contribution in [0.4, 0.5) is 4.39 Å². The molecule has 1 heterocycles. The molecule has 0 saturated heterocycles. The second-order valence-electron chi connectivity index (χ2n) is 4.27. The molecule has 1 aromatic heterocycles. The molecule has 0 amide bonds. The van der Waals surface area contributed by atoms with Gasteiger partial charge in [-0.15, -0.1) is 0 Å². The monoisotopic (exact) mass is 217 g/mol. The van der Waals surface area contributed by atoms with Gasteiger partial charge in [-0.3, -0.25) is 0 Å². The van der Waals surface area contributed by atoms with Crippen molar-refractivity contribution in [1.29, 1.82) is 0 Å². The van der Waals surface area contributed by atoms with Crippen molar-refractivity contribution in [3.63, 3.8) is 0 Å². The summed E-state index contributed by atoms with van der Waals surface area (Å²) in [5.41, 5.74) is 7.06. The van der Waals surface area contributed by atoms with Gasteiger partial charge < -0.3 is 5.73 Å². The minimum absolute atomic E-state index is 0.280. The molecule has 1 aromatic carbocycles. The third kappa shape index (κ3) is 1.42. The van der Waals surface area contributed by atoms with Gasteiger partial charge in [0, 0.05) is 17.9 Å². The van der Waals surface area contributed by atoms with Crippen LogP contribution in [0.25, 0.3) is 5.69 Å². The first-order valence-corrected chi connectivity index (χ1v) is 5.28. The van der Waals surface area contributed by atoms with Gasteiger partial charge in [0.1, 0.15) is 11.5 Å². The van der Waals surface area contributed by atoms with Crippen molar-refractivity contribution in [2.45, 2.75) is 18.4 Å². The molecule has 1 fully saturated rings. The fraction of sp³-hybridized carbons (Fsp3) is 0.250. The first kappa shape index (κ1) is 9.54. The molecule has 3 nitrogen and oxygen atoms in total. The largest absolute Gasteiger partial charge is 0.321 e. The zero-order valence-corrected chi connectivity index (χ0v) is 8.73. The normalized spacial score (nSPS) is 17.4. The van der Waals surface area contributed by atoms with Crippen molar-refractivity contribution in [3.8, 4) is 5.69 Å². The van der Waals surface area contributed by atoms with Gasteiger partial charge in [0.05, 0.1) is 0 Å². The van der Waals surface area contributed by atoms with E-state index in [2.05, 4.69) is 5.10 Å². The van der Waals surface area contributed by atoms with Crippen molar-refractivity contribution in [1.82, 2.24) is 9.78 Å². The standard InChI is InChI=1S/C12H12FN3/c13-10-8-9(12(14)4-5-12)2-3-11(10)16-7-1-6-15-16/h1-3,6-8H,4-5,14H2. The number of nitrogens with zero attached hydrogens (tertiary/aromatic N) is 2. The Morgan fingerprint density at radius 3 is 2.75 bits per heavy atom. The molecule has 0 bridgehead atoms. The van der Waals surface area contributed by atoms with E-state index >= 15 is 0 Å². The fourth-order valence-electron chi connectivity index (χ4n) is 1.84. The van der Waals surface area contributed by atoms with Gasteiger partial charge in [-0.1, -0.05) is 6.07 Å². The van der Waals surface area contributed by atoms with E-state index < -0.39 is 0 Å². The SMILES string of the molecule is NC1(c2ccc(-n3cccn3)c(F)c2)CC1. The molecule has 16 heavy (non-hydrogen) atoms. The third-order valence-corrected chi connectivity index (χ3v) is 3.06. The summed E-state index contributed by atoms with van der Waals surface area (Å²) in [6.45, 7) is 0. The summed E-state index contributed by atoms with van der Waals surface area (Å²) in [5, 5.41) is 4.00. The lowest BCUT2D eigenvalue weighted by molar-refractivity contribution is 0.602. The van der Waals surface area contributed by atoms with E-state index in [1.165, 1.54) is 10.7 Å². The predicted octanol–water partition coefficient (Wildman–Crippen LogP) is 1.96. The highest BCUT2D eigenvalue weighted by Crippen LogP contribution is 2.43. The van der Waals surface area contributed by atoms with Crippen LogP contribution in [-0.4, -0.2) is 9.78 Å². The van der Waals surface area contributed by atoms with Gasteiger partial charge >= 0.3 is 0 Å². The predicted molar refractivity (Wildman–Crippen MR) is 58.6 cm³/mol. The minimum Gasteiger partial charge on any atom is -0.321 e. The molecular weight excluding hydrogens is 205 g/mol. The topological polar surface area (TPSA) is 43.8 Å². The summed E-state index contributed by atoms with van der Waals surface area (Å²) in [6, 6.07) is 6.89. The summed E-state index contributed by atoms with van der Waals surface area (Å²) in [4.78, 5) is 0. The first-order valence-electron chi connectivity index (χ1n) is 5.28. The van der Waals surface area contributed by atoms with E-state index in [1.54, 1.807) is 24.5 Å². The van der Waals surface area contributed by atoms with Gasteiger partial charge in [-0.25, -0.2) is 9.07 Å². The maximum atomic E-state index is 13.9.